The summed E-state index contributed by atoms with van der Waals surface area (Å²) in [6, 6.07) is 8.48. The molecule has 4 heteroatoms. The summed E-state index contributed by atoms with van der Waals surface area (Å²) in [4.78, 5) is 0. The molecule has 0 amide bonds. The zero-order valence-electron chi connectivity index (χ0n) is 11.8. The first kappa shape index (κ1) is 13.6. The standard InChI is InChI=1S/C15H21N3O/c1-12(14-5-4-6-15(9-14)19-3)16-8-7-13-10-17-18(2)11-13/h4-6,9-12,16H,7-8H2,1-3H3/t12-/m0/s1. The average Bonchev–Trinajstić information content (AvgIpc) is 2.84. The molecule has 1 heterocycles. The molecule has 0 aliphatic heterocycles. The molecule has 0 saturated carbocycles. The van der Waals surface area contributed by atoms with E-state index in [4.69, 9.17) is 4.74 Å². The molecular formula is C15H21N3O. The van der Waals surface area contributed by atoms with Crippen LogP contribution in [0.15, 0.2) is 36.7 Å². The van der Waals surface area contributed by atoms with E-state index in [0.717, 1.165) is 18.7 Å². The molecule has 1 N–H and O–H groups in total. The summed E-state index contributed by atoms with van der Waals surface area (Å²) < 4.78 is 7.08. The van der Waals surface area contributed by atoms with Crippen molar-refractivity contribution in [2.75, 3.05) is 13.7 Å². The maximum absolute atomic E-state index is 5.24. The zero-order valence-corrected chi connectivity index (χ0v) is 11.8. The number of rotatable bonds is 6. The molecule has 0 radical (unpaired) electrons. The van der Waals surface area contributed by atoms with Crippen LogP contribution < -0.4 is 10.1 Å². The predicted molar refractivity (Wildman–Crippen MR) is 76.3 cm³/mol. The lowest BCUT2D eigenvalue weighted by Gasteiger charge is -2.14. The van der Waals surface area contributed by atoms with Crippen LogP contribution in [0, 0.1) is 0 Å². The molecule has 4 nitrogen and oxygen atoms in total. The highest BCUT2D eigenvalue weighted by Crippen LogP contribution is 2.18. The maximum Gasteiger partial charge on any atom is 0.119 e. The maximum atomic E-state index is 5.24. The molecule has 0 bridgehead atoms. The third-order valence-electron chi connectivity index (χ3n) is 3.22. The molecule has 19 heavy (non-hydrogen) atoms. The molecule has 102 valence electrons. The first-order valence-electron chi connectivity index (χ1n) is 6.54. The Hall–Kier alpha value is -1.81. The van der Waals surface area contributed by atoms with E-state index >= 15 is 0 Å². The summed E-state index contributed by atoms with van der Waals surface area (Å²) in [7, 11) is 3.63. The molecule has 2 rings (SSSR count). The van der Waals surface area contributed by atoms with Gasteiger partial charge in [0.05, 0.1) is 13.3 Å². The van der Waals surface area contributed by atoms with Gasteiger partial charge in [0.25, 0.3) is 0 Å². The molecule has 0 aliphatic carbocycles. The van der Waals surface area contributed by atoms with Gasteiger partial charge in [0.15, 0.2) is 0 Å². The van der Waals surface area contributed by atoms with Gasteiger partial charge in [0, 0.05) is 19.3 Å². The van der Waals surface area contributed by atoms with Crippen LogP contribution in [0.5, 0.6) is 5.75 Å². The van der Waals surface area contributed by atoms with E-state index in [9.17, 15) is 0 Å². The Labute approximate surface area is 114 Å². The molecule has 0 saturated heterocycles. The van der Waals surface area contributed by atoms with Crippen molar-refractivity contribution in [1.29, 1.82) is 0 Å². The second kappa shape index (κ2) is 6.38. The van der Waals surface area contributed by atoms with Crippen molar-refractivity contribution < 1.29 is 4.74 Å². The summed E-state index contributed by atoms with van der Waals surface area (Å²) in [5, 5.41) is 7.68. The molecule has 2 aromatic rings. The van der Waals surface area contributed by atoms with E-state index in [1.165, 1.54) is 11.1 Å². The van der Waals surface area contributed by atoms with Crippen molar-refractivity contribution in [3.63, 3.8) is 0 Å². The Morgan fingerprint density at radius 3 is 2.95 bits per heavy atom. The fraction of sp³-hybridized carbons (Fsp3) is 0.400. The fourth-order valence-electron chi connectivity index (χ4n) is 2.06. The molecule has 0 spiro atoms. The lowest BCUT2D eigenvalue weighted by molar-refractivity contribution is 0.413. The zero-order chi connectivity index (χ0) is 13.7. The number of methoxy groups -OCH3 is 1. The van der Waals surface area contributed by atoms with Gasteiger partial charge in [-0.25, -0.2) is 0 Å². The van der Waals surface area contributed by atoms with Gasteiger partial charge in [-0.3, -0.25) is 4.68 Å². The first-order chi connectivity index (χ1) is 9.19. The predicted octanol–water partition coefficient (Wildman–Crippen LogP) is 2.32. The number of benzene rings is 1. The molecule has 1 aromatic heterocycles. The van der Waals surface area contributed by atoms with Gasteiger partial charge in [-0.1, -0.05) is 12.1 Å². The highest BCUT2D eigenvalue weighted by Gasteiger charge is 2.05. The van der Waals surface area contributed by atoms with Crippen LogP contribution in [0.25, 0.3) is 0 Å². The molecule has 0 fully saturated rings. The average molecular weight is 259 g/mol. The Morgan fingerprint density at radius 2 is 2.26 bits per heavy atom. The summed E-state index contributed by atoms with van der Waals surface area (Å²) in [6.07, 6.45) is 4.96. The van der Waals surface area contributed by atoms with Crippen LogP contribution in [0.4, 0.5) is 0 Å². The quantitative estimate of drug-likeness (QED) is 0.865. The van der Waals surface area contributed by atoms with Gasteiger partial charge in [-0.2, -0.15) is 5.10 Å². The van der Waals surface area contributed by atoms with E-state index in [2.05, 4.69) is 35.7 Å². The van der Waals surface area contributed by atoms with E-state index in [1.54, 1.807) is 7.11 Å². The van der Waals surface area contributed by atoms with E-state index < -0.39 is 0 Å². The number of nitrogens with zero attached hydrogens (tertiary/aromatic N) is 2. The van der Waals surface area contributed by atoms with Crippen molar-refractivity contribution in [3.8, 4) is 5.75 Å². The summed E-state index contributed by atoms with van der Waals surface area (Å²) in [6.45, 7) is 3.10. The lowest BCUT2D eigenvalue weighted by atomic mass is 10.1. The highest BCUT2D eigenvalue weighted by molar-refractivity contribution is 5.30. The molecular weight excluding hydrogens is 238 g/mol. The van der Waals surface area contributed by atoms with Crippen LogP contribution in [0.1, 0.15) is 24.1 Å². The topological polar surface area (TPSA) is 39.1 Å². The fourth-order valence-corrected chi connectivity index (χ4v) is 2.06. The molecule has 1 atom stereocenters. The van der Waals surface area contributed by atoms with E-state index in [-0.39, 0.29) is 0 Å². The lowest BCUT2D eigenvalue weighted by Crippen LogP contribution is -2.21. The highest BCUT2D eigenvalue weighted by atomic mass is 16.5. The number of aryl methyl sites for hydroxylation is 1. The largest absolute Gasteiger partial charge is 0.497 e. The van der Waals surface area contributed by atoms with Gasteiger partial charge in [-0.05, 0) is 43.1 Å². The Kier molecular flexibility index (Phi) is 4.58. The third kappa shape index (κ3) is 3.83. The Bertz CT molecular complexity index is 522. The Balaban J connectivity index is 1.85. The van der Waals surface area contributed by atoms with Crippen LogP contribution in [-0.4, -0.2) is 23.4 Å². The van der Waals surface area contributed by atoms with E-state index in [1.807, 2.05) is 30.1 Å². The van der Waals surface area contributed by atoms with Gasteiger partial charge >= 0.3 is 0 Å². The second-order valence-electron chi connectivity index (χ2n) is 4.72. The normalized spacial score (nSPS) is 12.4. The summed E-state index contributed by atoms with van der Waals surface area (Å²) in [5.74, 6) is 0.901. The number of hydrogen-bond donors (Lipinski definition) is 1. The van der Waals surface area contributed by atoms with Crippen LogP contribution in [-0.2, 0) is 13.5 Å². The number of ether oxygens (including phenoxy) is 1. The summed E-state index contributed by atoms with van der Waals surface area (Å²) in [5.41, 5.74) is 2.50. The van der Waals surface area contributed by atoms with Crippen molar-refractivity contribution in [1.82, 2.24) is 15.1 Å². The minimum atomic E-state index is 0.312. The minimum Gasteiger partial charge on any atom is -0.497 e. The van der Waals surface area contributed by atoms with Crippen molar-refractivity contribution in [2.45, 2.75) is 19.4 Å². The minimum absolute atomic E-state index is 0.312. The second-order valence-corrected chi connectivity index (χ2v) is 4.72. The number of aromatic nitrogens is 2. The SMILES string of the molecule is COc1cccc([C@H](C)NCCc2cnn(C)c2)c1. The molecule has 0 aliphatic rings. The van der Waals surface area contributed by atoms with Crippen LogP contribution in [0.3, 0.4) is 0 Å². The van der Waals surface area contributed by atoms with E-state index in [0.29, 0.717) is 6.04 Å². The van der Waals surface area contributed by atoms with Crippen molar-refractivity contribution in [2.24, 2.45) is 7.05 Å². The van der Waals surface area contributed by atoms with Gasteiger partial charge in [0.2, 0.25) is 0 Å². The van der Waals surface area contributed by atoms with Gasteiger partial charge in [-0.15, -0.1) is 0 Å². The smallest absolute Gasteiger partial charge is 0.119 e. The van der Waals surface area contributed by atoms with Crippen LogP contribution >= 0.6 is 0 Å². The molecule has 1 aromatic carbocycles. The Morgan fingerprint density at radius 1 is 1.42 bits per heavy atom. The third-order valence-corrected chi connectivity index (χ3v) is 3.22. The van der Waals surface area contributed by atoms with Gasteiger partial charge < -0.3 is 10.1 Å². The van der Waals surface area contributed by atoms with Crippen molar-refractivity contribution in [3.05, 3.63) is 47.8 Å². The monoisotopic (exact) mass is 259 g/mol. The van der Waals surface area contributed by atoms with Crippen LogP contribution in [0.2, 0.25) is 0 Å². The molecule has 0 unspecified atom stereocenters. The summed E-state index contributed by atoms with van der Waals surface area (Å²) >= 11 is 0. The first-order valence-corrected chi connectivity index (χ1v) is 6.54. The number of nitrogens with one attached hydrogen (secondary N) is 1. The van der Waals surface area contributed by atoms with Gasteiger partial charge in [0.1, 0.15) is 5.75 Å². The van der Waals surface area contributed by atoms with Crippen molar-refractivity contribution >= 4 is 0 Å². The number of hydrogen-bond acceptors (Lipinski definition) is 3.